The highest BCUT2D eigenvalue weighted by atomic mass is 19.1. The van der Waals surface area contributed by atoms with Gasteiger partial charge < -0.3 is 4.90 Å². The predicted octanol–water partition coefficient (Wildman–Crippen LogP) is 3.63. The molecule has 0 atom stereocenters. The van der Waals surface area contributed by atoms with Gasteiger partial charge in [0.15, 0.2) is 0 Å². The van der Waals surface area contributed by atoms with Gasteiger partial charge in [0.05, 0.1) is 0 Å². The topological polar surface area (TPSA) is 20.3 Å². The molecule has 0 bridgehead atoms. The van der Waals surface area contributed by atoms with Crippen molar-refractivity contribution in [1.29, 1.82) is 0 Å². The van der Waals surface area contributed by atoms with Gasteiger partial charge in [0, 0.05) is 24.7 Å². The normalized spacial score (nSPS) is 16.7. The van der Waals surface area contributed by atoms with Gasteiger partial charge >= 0.3 is 0 Å². The Hall–Kier alpha value is -1.64. The Bertz CT molecular complexity index is 464. The molecule has 1 fully saturated rings. The Morgan fingerprint density at radius 3 is 2.63 bits per heavy atom. The molecule has 1 aromatic carbocycles. The zero-order valence-electron chi connectivity index (χ0n) is 11.3. The number of amides is 1. The van der Waals surface area contributed by atoms with Crippen LogP contribution in [0.25, 0.3) is 6.08 Å². The van der Waals surface area contributed by atoms with E-state index < -0.39 is 0 Å². The van der Waals surface area contributed by atoms with Crippen LogP contribution in [-0.4, -0.2) is 23.9 Å². The molecule has 0 aromatic heterocycles. The summed E-state index contributed by atoms with van der Waals surface area (Å²) in [7, 11) is 1.84. The molecule has 2 rings (SSSR count). The summed E-state index contributed by atoms with van der Waals surface area (Å²) in [5.74, 6) is -0.345. The van der Waals surface area contributed by atoms with Crippen LogP contribution in [0.1, 0.15) is 37.7 Å². The van der Waals surface area contributed by atoms with E-state index in [4.69, 9.17) is 0 Å². The van der Waals surface area contributed by atoms with E-state index in [2.05, 4.69) is 0 Å². The first-order chi connectivity index (χ1) is 9.18. The summed E-state index contributed by atoms with van der Waals surface area (Å²) in [6.07, 6.45) is 8.83. The molecule has 0 heterocycles. The van der Waals surface area contributed by atoms with Gasteiger partial charge in [0.2, 0.25) is 5.91 Å². The molecule has 0 radical (unpaired) electrons. The van der Waals surface area contributed by atoms with E-state index in [-0.39, 0.29) is 11.7 Å². The second-order valence-electron chi connectivity index (χ2n) is 5.10. The van der Waals surface area contributed by atoms with Crippen LogP contribution in [0.15, 0.2) is 30.3 Å². The minimum Gasteiger partial charge on any atom is -0.339 e. The van der Waals surface area contributed by atoms with Crippen LogP contribution in [0.3, 0.4) is 0 Å². The number of carbonyl (C=O) groups is 1. The standard InChI is InChI=1S/C16H20FNO/c1-18(14-8-3-2-4-9-14)16(19)12-11-13-7-5-6-10-15(13)17/h5-7,10-12,14H,2-4,8-9H2,1H3/b12-11+. The fourth-order valence-electron chi connectivity index (χ4n) is 2.54. The van der Waals surface area contributed by atoms with Crippen molar-refractivity contribution in [3.05, 3.63) is 41.7 Å². The summed E-state index contributed by atoms with van der Waals surface area (Å²) in [5, 5.41) is 0. The number of rotatable bonds is 3. The molecule has 1 amide bonds. The summed E-state index contributed by atoms with van der Waals surface area (Å²) >= 11 is 0. The Kier molecular flexibility index (Phi) is 4.72. The molecule has 0 unspecified atom stereocenters. The fraction of sp³-hybridized carbons (Fsp3) is 0.438. The Labute approximate surface area is 113 Å². The van der Waals surface area contributed by atoms with Crippen molar-refractivity contribution in [2.24, 2.45) is 0 Å². The van der Waals surface area contributed by atoms with E-state index in [1.54, 1.807) is 29.2 Å². The van der Waals surface area contributed by atoms with Crippen molar-refractivity contribution >= 4 is 12.0 Å². The maximum atomic E-state index is 13.4. The molecule has 102 valence electrons. The van der Waals surface area contributed by atoms with E-state index >= 15 is 0 Å². The Morgan fingerprint density at radius 2 is 1.95 bits per heavy atom. The lowest BCUT2D eigenvalue weighted by atomic mass is 9.94. The highest BCUT2D eigenvalue weighted by molar-refractivity contribution is 5.91. The molecule has 0 N–H and O–H groups in total. The van der Waals surface area contributed by atoms with Crippen LogP contribution in [-0.2, 0) is 4.79 Å². The van der Waals surface area contributed by atoms with Crippen LogP contribution < -0.4 is 0 Å². The molecule has 1 aliphatic carbocycles. The van der Waals surface area contributed by atoms with Crippen molar-refractivity contribution in [1.82, 2.24) is 4.90 Å². The quantitative estimate of drug-likeness (QED) is 0.761. The molecule has 1 aromatic rings. The zero-order chi connectivity index (χ0) is 13.7. The predicted molar refractivity (Wildman–Crippen MR) is 75.1 cm³/mol. The summed E-state index contributed by atoms with van der Waals surface area (Å²) in [6.45, 7) is 0. The summed E-state index contributed by atoms with van der Waals surface area (Å²) < 4.78 is 13.4. The third-order valence-electron chi connectivity index (χ3n) is 3.78. The third-order valence-corrected chi connectivity index (χ3v) is 3.78. The molecule has 0 saturated heterocycles. The zero-order valence-corrected chi connectivity index (χ0v) is 11.3. The molecule has 3 heteroatoms. The maximum absolute atomic E-state index is 13.4. The number of hydrogen-bond donors (Lipinski definition) is 0. The van der Waals surface area contributed by atoms with E-state index in [9.17, 15) is 9.18 Å². The molecule has 1 saturated carbocycles. The molecule has 0 aliphatic heterocycles. The summed E-state index contributed by atoms with van der Waals surface area (Å²) in [6, 6.07) is 6.81. The Balaban J connectivity index is 1.98. The van der Waals surface area contributed by atoms with Crippen molar-refractivity contribution < 1.29 is 9.18 Å². The number of carbonyl (C=O) groups excluding carboxylic acids is 1. The number of likely N-dealkylation sites (N-methyl/N-ethyl adjacent to an activating group) is 1. The van der Waals surface area contributed by atoms with E-state index in [0.29, 0.717) is 11.6 Å². The number of halogens is 1. The van der Waals surface area contributed by atoms with Crippen molar-refractivity contribution in [3.8, 4) is 0 Å². The first-order valence-corrected chi connectivity index (χ1v) is 6.88. The SMILES string of the molecule is CN(C(=O)/C=C/c1ccccc1F)C1CCCCC1. The molecule has 1 aliphatic rings. The highest BCUT2D eigenvalue weighted by Crippen LogP contribution is 2.21. The molecule has 0 spiro atoms. The molecule has 2 nitrogen and oxygen atoms in total. The number of nitrogens with zero attached hydrogens (tertiary/aromatic N) is 1. The first-order valence-electron chi connectivity index (χ1n) is 6.88. The number of benzene rings is 1. The van der Waals surface area contributed by atoms with E-state index in [0.717, 1.165) is 12.8 Å². The second kappa shape index (κ2) is 6.50. The van der Waals surface area contributed by atoms with Crippen LogP contribution in [0.2, 0.25) is 0 Å². The average molecular weight is 261 g/mol. The van der Waals surface area contributed by atoms with Gasteiger partial charge in [-0.15, -0.1) is 0 Å². The van der Waals surface area contributed by atoms with Crippen molar-refractivity contribution in [3.63, 3.8) is 0 Å². The minimum absolute atomic E-state index is 0.0462. The largest absolute Gasteiger partial charge is 0.339 e. The van der Waals surface area contributed by atoms with Crippen molar-refractivity contribution in [2.45, 2.75) is 38.1 Å². The van der Waals surface area contributed by atoms with Crippen LogP contribution in [0.4, 0.5) is 4.39 Å². The van der Waals surface area contributed by atoms with Crippen LogP contribution in [0.5, 0.6) is 0 Å². The van der Waals surface area contributed by atoms with Gasteiger partial charge in [-0.25, -0.2) is 4.39 Å². The molecule has 19 heavy (non-hydrogen) atoms. The van der Waals surface area contributed by atoms with Gasteiger partial charge in [0.1, 0.15) is 5.82 Å². The highest BCUT2D eigenvalue weighted by Gasteiger charge is 2.20. The monoisotopic (exact) mass is 261 g/mol. The van der Waals surface area contributed by atoms with Crippen LogP contribution >= 0.6 is 0 Å². The lowest BCUT2D eigenvalue weighted by Gasteiger charge is -2.30. The molecular formula is C16H20FNO. The first kappa shape index (κ1) is 13.8. The van der Waals surface area contributed by atoms with E-state index in [1.807, 2.05) is 7.05 Å². The maximum Gasteiger partial charge on any atom is 0.246 e. The van der Waals surface area contributed by atoms with Gasteiger partial charge in [-0.2, -0.15) is 0 Å². The third kappa shape index (κ3) is 3.66. The second-order valence-corrected chi connectivity index (χ2v) is 5.10. The summed E-state index contributed by atoms with van der Waals surface area (Å²) in [4.78, 5) is 13.8. The smallest absolute Gasteiger partial charge is 0.246 e. The van der Waals surface area contributed by atoms with Crippen LogP contribution in [0, 0.1) is 5.82 Å². The average Bonchev–Trinajstić information content (AvgIpc) is 2.46. The van der Waals surface area contributed by atoms with Gasteiger partial charge in [0.25, 0.3) is 0 Å². The van der Waals surface area contributed by atoms with E-state index in [1.165, 1.54) is 31.4 Å². The molecular weight excluding hydrogens is 241 g/mol. The summed E-state index contributed by atoms with van der Waals surface area (Å²) in [5.41, 5.74) is 0.452. The minimum atomic E-state index is -0.299. The fourth-order valence-corrected chi connectivity index (χ4v) is 2.54. The van der Waals surface area contributed by atoms with Crippen molar-refractivity contribution in [2.75, 3.05) is 7.05 Å². The number of hydrogen-bond acceptors (Lipinski definition) is 1. The van der Waals surface area contributed by atoms with Gasteiger partial charge in [-0.05, 0) is 25.0 Å². The lowest BCUT2D eigenvalue weighted by molar-refractivity contribution is -0.127. The van der Waals surface area contributed by atoms with Gasteiger partial charge in [-0.1, -0.05) is 37.5 Å². The lowest BCUT2D eigenvalue weighted by Crippen LogP contribution is -2.37. The van der Waals surface area contributed by atoms with Gasteiger partial charge in [-0.3, -0.25) is 4.79 Å². The Morgan fingerprint density at radius 1 is 1.26 bits per heavy atom.